The molecule has 2 heterocycles. The summed E-state index contributed by atoms with van der Waals surface area (Å²) in [6.07, 6.45) is 0.999. The molecule has 1 fully saturated rings. The first kappa shape index (κ1) is 42.3. The standard InChI is InChI=1S/C37H46FN3O7.C2H7N.H2O.2H2/c1-23(44)16-33(45)29(22-43)25(10-15-42)17-24-18-27-32(39(2)3)20-28(37(47)36(27)34(46)19-24)35-9-8-26(48-35)21-40-11-13-41(14-12-40)31-7-5-4-6-30(31)38;1-3-2;;;/h4-9,20,24-25,29,42-43,47H,10-19,21-22H2,1-3H3;3H,1-2H3;1H2;2*1H. The number of aliphatic hydroxyl groups is 2. The largest absolute Gasteiger partial charge is 0.506 e. The van der Waals surface area contributed by atoms with Crippen LogP contribution < -0.4 is 15.1 Å². The number of phenols is 1. The van der Waals surface area contributed by atoms with Crippen molar-refractivity contribution in [1.29, 1.82) is 0 Å². The first-order valence-corrected chi connectivity index (χ1v) is 17.6. The van der Waals surface area contributed by atoms with E-state index in [-0.39, 0.29) is 74.6 Å². The van der Waals surface area contributed by atoms with E-state index in [4.69, 9.17) is 4.42 Å². The summed E-state index contributed by atoms with van der Waals surface area (Å²) in [6, 6.07) is 12.3. The fourth-order valence-corrected chi connectivity index (χ4v) is 7.33. The quantitative estimate of drug-likeness (QED) is 0.177. The van der Waals surface area contributed by atoms with Crippen molar-refractivity contribution in [3.63, 3.8) is 0 Å². The number of piperazine rings is 1. The fraction of sp³-hybridized carbons (Fsp3) is 0.513. The van der Waals surface area contributed by atoms with Gasteiger partial charge in [0, 0.05) is 67.8 Å². The Kier molecular flexibility index (Phi) is 16.0. The smallest absolute Gasteiger partial charge is 0.167 e. The summed E-state index contributed by atoms with van der Waals surface area (Å²) >= 11 is 0. The van der Waals surface area contributed by atoms with Gasteiger partial charge in [0.05, 0.1) is 36.4 Å². The molecule has 1 saturated heterocycles. The number of rotatable bonds is 14. The average Bonchev–Trinajstić information content (AvgIpc) is 3.53. The summed E-state index contributed by atoms with van der Waals surface area (Å²) in [5.74, 6) is -1.43. The molecule has 13 heteroatoms. The van der Waals surface area contributed by atoms with Crippen LogP contribution in [0.4, 0.5) is 15.8 Å². The third kappa shape index (κ3) is 10.3. The summed E-state index contributed by atoms with van der Waals surface area (Å²) < 4.78 is 20.5. The maximum Gasteiger partial charge on any atom is 0.167 e. The molecule has 0 bridgehead atoms. The molecular formula is C39H59FN4O8. The summed E-state index contributed by atoms with van der Waals surface area (Å²) in [6.45, 7) is 4.10. The molecule has 0 amide bonds. The van der Waals surface area contributed by atoms with Gasteiger partial charge in [0.15, 0.2) is 5.78 Å². The van der Waals surface area contributed by atoms with Crippen LogP contribution in [0.25, 0.3) is 11.3 Å². The Morgan fingerprint density at radius 1 is 1.08 bits per heavy atom. The normalized spacial score (nSPS) is 17.0. The van der Waals surface area contributed by atoms with Gasteiger partial charge in [-0.15, -0.1) is 0 Å². The number of furan rings is 1. The Bertz CT molecular complexity index is 1670. The lowest BCUT2D eigenvalue weighted by Crippen LogP contribution is -2.46. The molecule has 3 aromatic rings. The van der Waals surface area contributed by atoms with E-state index in [1.54, 1.807) is 18.2 Å². The number of hydrogen-bond donors (Lipinski definition) is 4. The van der Waals surface area contributed by atoms with Gasteiger partial charge < -0.3 is 40.3 Å². The molecular weight excluding hydrogens is 671 g/mol. The Morgan fingerprint density at radius 3 is 2.35 bits per heavy atom. The molecule has 12 nitrogen and oxygen atoms in total. The van der Waals surface area contributed by atoms with E-state index in [9.17, 15) is 34.1 Å². The lowest BCUT2D eigenvalue weighted by Gasteiger charge is -2.35. The second kappa shape index (κ2) is 19.6. The van der Waals surface area contributed by atoms with Crippen molar-refractivity contribution in [2.45, 2.75) is 45.6 Å². The maximum atomic E-state index is 14.3. The molecule has 1 aromatic heterocycles. The molecule has 0 saturated carbocycles. The van der Waals surface area contributed by atoms with Crippen molar-refractivity contribution in [3.8, 4) is 17.1 Å². The Labute approximate surface area is 308 Å². The maximum absolute atomic E-state index is 14.3. The van der Waals surface area contributed by atoms with E-state index in [1.807, 2.05) is 56.2 Å². The number of nitrogens with one attached hydrogen (secondary N) is 1. The highest BCUT2D eigenvalue weighted by Crippen LogP contribution is 2.45. The molecule has 6 N–H and O–H groups in total. The summed E-state index contributed by atoms with van der Waals surface area (Å²) in [5.41, 5.74) is 2.77. The van der Waals surface area contributed by atoms with Gasteiger partial charge in [-0.25, -0.2) is 4.39 Å². The van der Waals surface area contributed by atoms with Crippen molar-refractivity contribution < 1.29 is 46.8 Å². The predicted molar refractivity (Wildman–Crippen MR) is 204 cm³/mol. The molecule has 2 aromatic carbocycles. The van der Waals surface area contributed by atoms with E-state index < -0.39 is 18.4 Å². The zero-order valence-electron chi connectivity index (χ0n) is 31.0. The highest BCUT2D eigenvalue weighted by molar-refractivity contribution is 6.05. The van der Waals surface area contributed by atoms with E-state index >= 15 is 0 Å². The van der Waals surface area contributed by atoms with Gasteiger partial charge in [-0.1, -0.05) is 12.1 Å². The number of benzene rings is 2. The van der Waals surface area contributed by atoms with Crippen LogP contribution in [0.1, 0.15) is 57.1 Å². The third-order valence-electron chi connectivity index (χ3n) is 9.72. The number of phenolic OH excluding ortho intramolecular Hbond substituents is 1. The van der Waals surface area contributed by atoms with Crippen LogP contribution in [-0.2, 0) is 22.6 Å². The molecule has 3 atom stereocenters. The van der Waals surface area contributed by atoms with Crippen LogP contribution in [0, 0.1) is 23.6 Å². The van der Waals surface area contributed by atoms with Crippen LogP contribution >= 0.6 is 0 Å². The zero-order chi connectivity index (χ0) is 37.2. The van der Waals surface area contributed by atoms with E-state index in [0.29, 0.717) is 60.8 Å². The average molecular weight is 731 g/mol. The Balaban J connectivity index is 0.00000235. The number of carbonyl (C=O) groups excluding carboxylic acids is 3. The SMILES string of the molecule is CC(=O)CC(=O)C(CO)C(CCO)CC1CC(=O)c2c(O)c(-c3ccc(CN4CCN(c5ccccc5F)CC4)o3)cc(N(C)C)c2C1.CNC.O.[HH].[HH]. The number of aromatic hydroxyl groups is 1. The van der Waals surface area contributed by atoms with Crippen LogP contribution in [0.15, 0.2) is 46.9 Å². The lowest BCUT2D eigenvalue weighted by molar-refractivity contribution is -0.131. The predicted octanol–water partition coefficient (Wildman–Crippen LogP) is 3.97. The molecule has 52 heavy (non-hydrogen) atoms. The van der Waals surface area contributed by atoms with Crippen molar-refractivity contribution in [2.24, 2.45) is 17.8 Å². The third-order valence-corrected chi connectivity index (χ3v) is 9.72. The monoisotopic (exact) mass is 730 g/mol. The number of Topliss-reactive ketones (excluding diaryl/α,β-unsaturated/α-hetero) is 3. The van der Waals surface area contributed by atoms with E-state index in [1.165, 1.54) is 13.0 Å². The molecule has 0 spiro atoms. The number of aliphatic hydroxyl groups excluding tert-OH is 2. The number of carbonyl (C=O) groups is 3. The van der Waals surface area contributed by atoms with Gasteiger partial charge in [-0.3, -0.25) is 19.3 Å². The molecule has 5 rings (SSSR count). The Morgan fingerprint density at radius 2 is 1.75 bits per heavy atom. The van der Waals surface area contributed by atoms with Gasteiger partial charge in [0.2, 0.25) is 0 Å². The van der Waals surface area contributed by atoms with Crippen LogP contribution in [-0.4, -0.2) is 111 Å². The highest BCUT2D eigenvalue weighted by Gasteiger charge is 2.36. The first-order valence-electron chi connectivity index (χ1n) is 17.6. The van der Waals surface area contributed by atoms with E-state index in [0.717, 1.165) is 18.8 Å². The Hall–Kier alpha value is -4.14. The number of anilines is 2. The summed E-state index contributed by atoms with van der Waals surface area (Å²) in [4.78, 5) is 44.2. The highest BCUT2D eigenvalue weighted by atomic mass is 19.1. The van der Waals surface area contributed by atoms with Crippen LogP contribution in [0.3, 0.4) is 0 Å². The van der Waals surface area contributed by atoms with E-state index in [2.05, 4.69) is 10.2 Å². The molecule has 1 aliphatic heterocycles. The fourth-order valence-electron chi connectivity index (χ4n) is 7.33. The summed E-state index contributed by atoms with van der Waals surface area (Å²) in [7, 11) is 7.49. The molecule has 290 valence electrons. The number of nitrogens with zero attached hydrogens (tertiary/aromatic N) is 3. The zero-order valence-corrected chi connectivity index (χ0v) is 31.0. The second-order valence-electron chi connectivity index (χ2n) is 13.9. The number of halogens is 1. The number of ketones is 3. The molecule has 0 radical (unpaired) electrons. The lowest BCUT2D eigenvalue weighted by atomic mass is 9.73. The van der Waals surface area contributed by atoms with Crippen LogP contribution in [0.2, 0.25) is 0 Å². The first-order chi connectivity index (χ1) is 24.4. The van der Waals surface area contributed by atoms with Gasteiger partial charge >= 0.3 is 0 Å². The van der Waals surface area contributed by atoms with Gasteiger partial charge in [-0.2, -0.15) is 0 Å². The van der Waals surface area contributed by atoms with Crippen molar-refractivity contribution in [3.05, 3.63) is 65.2 Å². The minimum Gasteiger partial charge on any atom is -0.506 e. The summed E-state index contributed by atoms with van der Waals surface area (Å²) in [5, 5.41) is 34.0. The van der Waals surface area contributed by atoms with Crippen molar-refractivity contribution >= 4 is 28.7 Å². The van der Waals surface area contributed by atoms with Gasteiger partial charge in [0.25, 0.3) is 0 Å². The topological polar surface area (TPSA) is 178 Å². The second-order valence-corrected chi connectivity index (χ2v) is 13.9. The minimum absolute atomic E-state index is 0. The van der Waals surface area contributed by atoms with Crippen LogP contribution in [0.5, 0.6) is 5.75 Å². The van der Waals surface area contributed by atoms with Crippen molar-refractivity contribution in [2.75, 3.05) is 77.4 Å². The van der Waals surface area contributed by atoms with Gasteiger partial charge in [0.1, 0.15) is 34.7 Å². The van der Waals surface area contributed by atoms with Gasteiger partial charge in [-0.05, 0) is 88.0 Å². The van der Waals surface area contributed by atoms with Crippen molar-refractivity contribution in [1.82, 2.24) is 10.2 Å². The number of fused-ring (bicyclic) bond motifs is 1. The number of hydrogen-bond acceptors (Lipinski definition) is 11. The molecule has 2 aliphatic rings. The minimum atomic E-state index is -0.800. The molecule has 3 unspecified atom stereocenters. The number of para-hydroxylation sites is 1. The molecule has 1 aliphatic carbocycles.